The lowest BCUT2D eigenvalue weighted by atomic mass is 10.0. The number of hydrogen-bond acceptors (Lipinski definition) is 5. The number of aliphatic hydroxyl groups is 1. The summed E-state index contributed by atoms with van der Waals surface area (Å²) in [6.07, 6.45) is -5.64. The lowest BCUT2D eigenvalue weighted by Gasteiger charge is -2.22. The third-order valence-corrected chi connectivity index (χ3v) is 4.58. The van der Waals surface area contributed by atoms with Gasteiger partial charge in [0.05, 0.1) is 18.7 Å². The summed E-state index contributed by atoms with van der Waals surface area (Å²) in [5, 5.41) is 16.3. The van der Waals surface area contributed by atoms with Crippen LogP contribution in [-0.2, 0) is 17.9 Å². The van der Waals surface area contributed by atoms with Gasteiger partial charge < -0.3 is 20.0 Å². The molecule has 2 aromatic carbocycles. The first-order valence-corrected chi connectivity index (χ1v) is 9.72. The molecule has 30 heavy (non-hydrogen) atoms. The molecule has 0 aromatic heterocycles. The van der Waals surface area contributed by atoms with Crippen molar-refractivity contribution in [1.82, 2.24) is 5.32 Å². The maximum Gasteiger partial charge on any atom is 0.458 e. The molecule has 0 saturated heterocycles. The molecule has 0 aliphatic carbocycles. The molecule has 5 nitrogen and oxygen atoms in total. The molecular formula is C22H25F3N2O3. The van der Waals surface area contributed by atoms with Gasteiger partial charge in [-0.05, 0) is 34.7 Å². The Morgan fingerprint density at radius 1 is 1.13 bits per heavy atom. The Balaban J connectivity index is 1.51. The molecule has 0 amide bonds. The Bertz CT molecular complexity index is 882. The maximum absolute atomic E-state index is 12.8. The monoisotopic (exact) mass is 422 g/mol. The molecule has 1 aliphatic heterocycles. The van der Waals surface area contributed by atoms with Gasteiger partial charge in [-0.2, -0.15) is 13.2 Å². The summed E-state index contributed by atoms with van der Waals surface area (Å²) in [5.74, 6) is -1.96. The standard InChI is InChI=1S/C22H25F3N2O3/c1-15(2)14-29-19-5-3-4-17(10-19)13-26-12-16-6-8-18(9-7-16)20-11-21(28,30-27-20)22(23,24)25/h3-10,15,26,28H,11-14H2,1-2H3. The number of nitrogens with zero attached hydrogens (tertiary/aromatic N) is 1. The normalized spacial score (nSPS) is 19.0. The van der Waals surface area contributed by atoms with Crippen molar-refractivity contribution in [3.05, 3.63) is 65.2 Å². The molecule has 8 heteroatoms. The van der Waals surface area contributed by atoms with Crippen LogP contribution in [0, 0.1) is 5.92 Å². The zero-order chi connectivity index (χ0) is 21.8. The van der Waals surface area contributed by atoms with Crippen LogP contribution in [0.5, 0.6) is 5.75 Å². The van der Waals surface area contributed by atoms with Crippen molar-refractivity contribution in [3.63, 3.8) is 0 Å². The summed E-state index contributed by atoms with van der Waals surface area (Å²) in [5.41, 5.74) is 2.61. The van der Waals surface area contributed by atoms with E-state index >= 15 is 0 Å². The lowest BCUT2D eigenvalue weighted by molar-refractivity contribution is -0.355. The lowest BCUT2D eigenvalue weighted by Crippen LogP contribution is -2.45. The number of oxime groups is 1. The third-order valence-electron chi connectivity index (χ3n) is 4.58. The molecule has 1 atom stereocenters. The molecule has 1 unspecified atom stereocenters. The second-order valence-corrected chi connectivity index (χ2v) is 7.74. The van der Waals surface area contributed by atoms with E-state index in [1.165, 1.54) is 0 Å². The summed E-state index contributed by atoms with van der Waals surface area (Å²) < 4.78 is 44.2. The van der Waals surface area contributed by atoms with Crippen molar-refractivity contribution < 1.29 is 27.9 Å². The molecule has 0 bridgehead atoms. The van der Waals surface area contributed by atoms with E-state index < -0.39 is 18.4 Å². The van der Waals surface area contributed by atoms with E-state index in [-0.39, 0.29) is 5.71 Å². The third kappa shape index (κ3) is 5.52. The van der Waals surface area contributed by atoms with Gasteiger partial charge in [0.2, 0.25) is 0 Å². The highest BCUT2D eigenvalue weighted by Crippen LogP contribution is 2.38. The second-order valence-electron chi connectivity index (χ2n) is 7.74. The van der Waals surface area contributed by atoms with Crippen LogP contribution in [-0.4, -0.2) is 29.4 Å². The Labute approximate surface area is 173 Å². The highest BCUT2D eigenvalue weighted by molar-refractivity contribution is 6.01. The van der Waals surface area contributed by atoms with E-state index in [2.05, 4.69) is 29.2 Å². The Kier molecular flexibility index (Phi) is 6.67. The van der Waals surface area contributed by atoms with Crippen LogP contribution in [0.2, 0.25) is 0 Å². The van der Waals surface area contributed by atoms with Gasteiger partial charge in [0.15, 0.2) is 0 Å². The van der Waals surface area contributed by atoms with Gasteiger partial charge in [-0.3, -0.25) is 0 Å². The van der Waals surface area contributed by atoms with Crippen LogP contribution in [0.4, 0.5) is 13.2 Å². The maximum atomic E-state index is 12.8. The fourth-order valence-corrected chi connectivity index (χ4v) is 2.90. The molecule has 2 N–H and O–H groups in total. The van der Waals surface area contributed by atoms with Crippen LogP contribution in [0.1, 0.15) is 37.0 Å². The van der Waals surface area contributed by atoms with Crippen LogP contribution in [0.3, 0.4) is 0 Å². The fraction of sp³-hybridized carbons (Fsp3) is 0.409. The summed E-state index contributed by atoms with van der Waals surface area (Å²) in [6.45, 7) is 6.10. The van der Waals surface area contributed by atoms with Gasteiger partial charge in [0, 0.05) is 13.1 Å². The SMILES string of the molecule is CC(C)COc1cccc(CNCc2ccc(C3=NOC(O)(C(F)(F)F)C3)cc2)c1. The Morgan fingerprint density at radius 2 is 1.83 bits per heavy atom. The van der Waals surface area contributed by atoms with Crippen molar-refractivity contribution in [1.29, 1.82) is 0 Å². The highest BCUT2D eigenvalue weighted by Gasteiger charge is 2.60. The average molecular weight is 422 g/mol. The van der Waals surface area contributed by atoms with Gasteiger partial charge in [-0.1, -0.05) is 55.4 Å². The second kappa shape index (κ2) is 9.06. The van der Waals surface area contributed by atoms with Crippen molar-refractivity contribution in [2.75, 3.05) is 6.61 Å². The topological polar surface area (TPSA) is 63.1 Å². The first kappa shape index (κ1) is 22.1. The quantitative estimate of drug-likeness (QED) is 0.663. The number of hydrogen-bond donors (Lipinski definition) is 2. The smallest absolute Gasteiger partial charge is 0.458 e. The molecule has 0 radical (unpaired) electrons. The summed E-state index contributed by atoms with van der Waals surface area (Å²) in [6, 6.07) is 14.8. The van der Waals surface area contributed by atoms with Gasteiger partial charge >= 0.3 is 12.0 Å². The molecule has 0 saturated carbocycles. The minimum Gasteiger partial charge on any atom is -0.493 e. The van der Waals surface area contributed by atoms with Crippen molar-refractivity contribution in [3.8, 4) is 5.75 Å². The number of nitrogens with one attached hydrogen (secondary N) is 1. The number of ether oxygens (including phenoxy) is 1. The number of benzene rings is 2. The van der Waals surface area contributed by atoms with E-state index in [1.807, 2.05) is 24.3 Å². The number of rotatable bonds is 8. The summed E-state index contributed by atoms with van der Waals surface area (Å²) >= 11 is 0. The van der Waals surface area contributed by atoms with Gasteiger partial charge in [0.25, 0.3) is 0 Å². The van der Waals surface area contributed by atoms with E-state index in [0.29, 0.717) is 31.2 Å². The zero-order valence-electron chi connectivity index (χ0n) is 16.9. The Hall–Kier alpha value is -2.58. The first-order chi connectivity index (χ1) is 14.2. The largest absolute Gasteiger partial charge is 0.493 e. The van der Waals surface area contributed by atoms with Gasteiger partial charge in [0.1, 0.15) is 5.75 Å². The van der Waals surface area contributed by atoms with Gasteiger partial charge in [-0.25, -0.2) is 0 Å². The highest BCUT2D eigenvalue weighted by atomic mass is 19.4. The van der Waals surface area contributed by atoms with Crippen molar-refractivity contribution >= 4 is 5.71 Å². The number of alkyl halides is 3. The number of halogens is 3. The van der Waals surface area contributed by atoms with E-state index in [1.54, 1.807) is 24.3 Å². The molecule has 1 heterocycles. The Morgan fingerprint density at radius 3 is 2.47 bits per heavy atom. The molecule has 3 rings (SSSR count). The predicted octanol–water partition coefficient (Wildman–Crippen LogP) is 4.39. The van der Waals surface area contributed by atoms with Crippen molar-refractivity contribution in [2.24, 2.45) is 11.1 Å². The van der Waals surface area contributed by atoms with Crippen molar-refractivity contribution in [2.45, 2.75) is 45.3 Å². The molecule has 0 spiro atoms. The molecule has 162 valence electrons. The minimum atomic E-state index is -4.90. The predicted molar refractivity (Wildman–Crippen MR) is 107 cm³/mol. The zero-order valence-corrected chi connectivity index (χ0v) is 16.9. The molecule has 0 fully saturated rings. The van der Waals surface area contributed by atoms with E-state index in [4.69, 9.17) is 4.74 Å². The van der Waals surface area contributed by atoms with Crippen LogP contribution < -0.4 is 10.1 Å². The molecule has 1 aliphatic rings. The van der Waals surface area contributed by atoms with E-state index in [9.17, 15) is 18.3 Å². The summed E-state index contributed by atoms with van der Waals surface area (Å²) in [4.78, 5) is 4.25. The summed E-state index contributed by atoms with van der Waals surface area (Å²) in [7, 11) is 0. The first-order valence-electron chi connectivity index (χ1n) is 9.72. The minimum absolute atomic E-state index is 0.0625. The van der Waals surface area contributed by atoms with Gasteiger partial charge in [-0.15, -0.1) is 0 Å². The van der Waals surface area contributed by atoms with Crippen LogP contribution >= 0.6 is 0 Å². The van der Waals surface area contributed by atoms with Crippen LogP contribution in [0.25, 0.3) is 0 Å². The molecular weight excluding hydrogens is 397 g/mol. The van der Waals surface area contributed by atoms with E-state index in [0.717, 1.165) is 16.9 Å². The molecule has 2 aromatic rings. The fourth-order valence-electron chi connectivity index (χ4n) is 2.90. The van der Waals surface area contributed by atoms with Crippen LogP contribution in [0.15, 0.2) is 53.7 Å². The average Bonchev–Trinajstić information content (AvgIpc) is 3.11.